The molecule has 0 unspecified atom stereocenters. The Kier molecular flexibility index (Phi) is 24.1. The number of hydrogen-bond donors (Lipinski definition) is 10. The highest BCUT2D eigenvalue weighted by atomic mass is 33.1. The molecule has 422 valence electrons. The summed E-state index contributed by atoms with van der Waals surface area (Å²) >= 11 is 0. The van der Waals surface area contributed by atoms with Crippen molar-refractivity contribution in [3.63, 3.8) is 0 Å². The van der Waals surface area contributed by atoms with Gasteiger partial charge in [0.1, 0.15) is 53.6 Å². The van der Waals surface area contributed by atoms with Gasteiger partial charge in [0.2, 0.25) is 65.0 Å². The summed E-state index contributed by atoms with van der Waals surface area (Å²) in [6, 6.07) is 4.29. The minimum Gasteiger partial charge on any atom is -0.494 e. The molecule has 8 atom stereocenters. The predicted molar refractivity (Wildman–Crippen MR) is 289 cm³/mol. The SMILES string of the molecule is CCOc1ccc(C[C@@H]2NC(=O)CCSSC[C@@H](C(=O)N3Cc4ccccc4C[C@@H]3C(=O)N[C@@H](CC(C)C)C(=O)NC(C)(C)C(N)=O)NC(=O)[C@H](CC(N)=O)NC(=O)[C@H](CCC(N)=O)NC(=O)[C@H]([C@@H](C)CC)NC2=O)cc1. The molecular formula is C52H75N11O12S2. The molecule has 77 heavy (non-hydrogen) atoms. The fraction of sp³-hybridized carbons (Fsp3) is 0.558. The Bertz CT molecular complexity index is 2480. The van der Waals surface area contributed by atoms with Crippen LogP contribution in [0.4, 0.5) is 0 Å². The summed E-state index contributed by atoms with van der Waals surface area (Å²) in [6.45, 7) is 12.1. The molecule has 0 bridgehead atoms. The number of benzene rings is 2. The van der Waals surface area contributed by atoms with Crippen molar-refractivity contribution in [3.8, 4) is 5.75 Å². The van der Waals surface area contributed by atoms with Gasteiger partial charge in [-0.3, -0.25) is 52.7 Å². The van der Waals surface area contributed by atoms with E-state index in [-0.39, 0.29) is 56.1 Å². The highest BCUT2D eigenvalue weighted by molar-refractivity contribution is 8.76. The first-order valence-corrected chi connectivity index (χ1v) is 28.2. The Labute approximate surface area is 456 Å². The maximum absolute atomic E-state index is 15.1. The molecular weight excluding hydrogens is 1030 g/mol. The third-order valence-electron chi connectivity index (χ3n) is 13.0. The summed E-state index contributed by atoms with van der Waals surface area (Å²) in [5.74, 6) is -9.16. The molecule has 0 aromatic heterocycles. The molecule has 1 fully saturated rings. The zero-order valence-electron chi connectivity index (χ0n) is 44.7. The highest BCUT2D eigenvalue weighted by Crippen LogP contribution is 2.28. The average molecular weight is 1110 g/mol. The number of carbonyl (C=O) groups excluding carboxylic acids is 11. The Hall–Kier alpha value is -6.89. The van der Waals surface area contributed by atoms with Crippen molar-refractivity contribution in [3.05, 3.63) is 65.2 Å². The van der Waals surface area contributed by atoms with E-state index in [1.54, 1.807) is 62.4 Å². The first kappa shape index (κ1) is 62.6. The summed E-state index contributed by atoms with van der Waals surface area (Å²) in [7, 11) is 2.26. The lowest BCUT2D eigenvalue weighted by molar-refractivity contribution is -0.145. The number of fused-ring (bicyclic) bond motifs is 1. The van der Waals surface area contributed by atoms with Crippen LogP contribution >= 0.6 is 21.6 Å². The van der Waals surface area contributed by atoms with Crippen molar-refractivity contribution in [1.82, 2.24) is 42.1 Å². The summed E-state index contributed by atoms with van der Waals surface area (Å²) in [6.07, 6.45) is -1.21. The molecule has 2 aromatic carbocycles. The summed E-state index contributed by atoms with van der Waals surface area (Å²) in [5.41, 5.74) is 17.2. The average Bonchev–Trinajstić information content (AvgIpc) is 3.36. The van der Waals surface area contributed by atoms with Gasteiger partial charge in [0.25, 0.3) is 0 Å². The van der Waals surface area contributed by atoms with Gasteiger partial charge in [-0.25, -0.2) is 0 Å². The molecule has 13 N–H and O–H groups in total. The van der Waals surface area contributed by atoms with Crippen molar-refractivity contribution >= 4 is 86.6 Å². The number of hydrogen-bond acceptors (Lipinski definition) is 14. The van der Waals surface area contributed by atoms with E-state index < -0.39 is 132 Å². The molecule has 23 nitrogen and oxygen atoms in total. The van der Waals surface area contributed by atoms with Gasteiger partial charge >= 0.3 is 0 Å². The number of primary amides is 3. The molecule has 0 radical (unpaired) electrons. The van der Waals surface area contributed by atoms with Crippen LogP contribution in [-0.4, -0.2) is 136 Å². The lowest BCUT2D eigenvalue weighted by atomic mass is 9.92. The van der Waals surface area contributed by atoms with E-state index >= 15 is 4.79 Å². The van der Waals surface area contributed by atoms with Gasteiger partial charge in [-0.15, -0.1) is 0 Å². The van der Waals surface area contributed by atoms with Gasteiger partial charge < -0.3 is 64.1 Å². The van der Waals surface area contributed by atoms with Crippen LogP contribution in [0.3, 0.4) is 0 Å². The lowest BCUT2D eigenvalue weighted by Crippen LogP contribution is -2.63. The van der Waals surface area contributed by atoms with E-state index in [0.29, 0.717) is 29.9 Å². The zero-order chi connectivity index (χ0) is 57.1. The second kappa shape index (κ2) is 29.6. The molecule has 0 saturated carbocycles. The van der Waals surface area contributed by atoms with E-state index in [1.807, 2.05) is 20.8 Å². The molecule has 1 saturated heterocycles. The van der Waals surface area contributed by atoms with Crippen LogP contribution in [0.1, 0.15) is 104 Å². The van der Waals surface area contributed by atoms with Crippen LogP contribution in [0.2, 0.25) is 0 Å². The summed E-state index contributed by atoms with van der Waals surface area (Å²) in [4.78, 5) is 152. The Morgan fingerprint density at radius 1 is 0.779 bits per heavy atom. The van der Waals surface area contributed by atoms with Crippen LogP contribution in [0.5, 0.6) is 5.75 Å². The summed E-state index contributed by atoms with van der Waals surface area (Å²) in [5, 5.41) is 18.6. The van der Waals surface area contributed by atoms with Crippen molar-refractivity contribution in [2.45, 2.75) is 154 Å². The Balaban J connectivity index is 1.76. The molecule has 25 heteroatoms. The second-order valence-electron chi connectivity index (χ2n) is 20.1. The zero-order valence-corrected chi connectivity index (χ0v) is 46.3. The molecule has 2 aromatic rings. The third kappa shape index (κ3) is 19.3. The monoisotopic (exact) mass is 1110 g/mol. The van der Waals surface area contributed by atoms with Crippen molar-refractivity contribution < 1.29 is 57.5 Å². The maximum atomic E-state index is 15.1. The van der Waals surface area contributed by atoms with Crippen LogP contribution in [0.25, 0.3) is 0 Å². The fourth-order valence-corrected chi connectivity index (χ4v) is 10.6. The molecule has 2 heterocycles. The first-order chi connectivity index (χ1) is 36.3. The quantitative estimate of drug-likeness (QED) is 0.0821. The topological polar surface area (TPSA) is 363 Å². The number of rotatable bonds is 19. The van der Waals surface area contributed by atoms with E-state index in [2.05, 4.69) is 37.2 Å². The fourth-order valence-electron chi connectivity index (χ4n) is 8.43. The standard InChI is InChI=1S/C52H75N11O12S2/c1-8-29(5)43-49(72)57-34(18-19-40(53)64)44(67)58-37(25-41(54)65)45(68)60-38(27-77-76-21-20-42(66)56-36(46(69)61-43)23-30-14-16-33(17-15-30)75-9-2)50(73)63-26-32-13-11-10-12-31(32)24-39(63)48(71)59-35(22-28(3)4)47(70)62-52(6,7)51(55)74/h10-17,28-29,34-39,43H,8-9,18-27H2,1-7H3,(H2,53,64)(H2,54,65)(H2,55,74)(H,56,66)(H,57,72)(H,58,67)(H,59,71)(H,60,68)(H,61,69)(H,62,70)/t29-,34-,35-,36-,37-,38-,39+,43-/m0/s1. The number of nitrogens with zero attached hydrogens (tertiary/aromatic N) is 1. The van der Waals surface area contributed by atoms with Crippen LogP contribution in [0, 0.1) is 11.8 Å². The van der Waals surface area contributed by atoms with Gasteiger partial charge in [0.05, 0.1) is 13.0 Å². The maximum Gasteiger partial charge on any atom is 0.247 e. The Morgan fingerprint density at radius 3 is 2.03 bits per heavy atom. The van der Waals surface area contributed by atoms with Crippen LogP contribution in [-0.2, 0) is 72.1 Å². The van der Waals surface area contributed by atoms with Crippen molar-refractivity contribution in [1.29, 1.82) is 0 Å². The van der Waals surface area contributed by atoms with E-state index in [4.69, 9.17) is 21.9 Å². The lowest BCUT2D eigenvalue weighted by Gasteiger charge is -2.39. The van der Waals surface area contributed by atoms with Crippen molar-refractivity contribution in [2.75, 3.05) is 18.1 Å². The molecule has 2 aliphatic heterocycles. The Morgan fingerprint density at radius 2 is 1.42 bits per heavy atom. The molecule has 4 rings (SSSR count). The van der Waals surface area contributed by atoms with Gasteiger partial charge in [-0.1, -0.05) is 92.1 Å². The number of nitrogens with one attached hydrogen (secondary N) is 7. The predicted octanol–water partition coefficient (Wildman–Crippen LogP) is -0.112. The third-order valence-corrected chi connectivity index (χ3v) is 15.5. The molecule has 2 aliphatic rings. The van der Waals surface area contributed by atoms with Crippen LogP contribution in [0.15, 0.2) is 48.5 Å². The summed E-state index contributed by atoms with van der Waals surface area (Å²) < 4.78 is 5.57. The highest BCUT2D eigenvalue weighted by Gasteiger charge is 2.42. The number of nitrogens with two attached hydrogens (primary N) is 3. The largest absolute Gasteiger partial charge is 0.494 e. The van der Waals surface area contributed by atoms with Crippen LogP contribution < -0.4 is 59.2 Å². The van der Waals surface area contributed by atoms with Crippen molar-refractivity contribution in [2.24, 2.45) is 29.0 Å². The number of carbonyl (C=O) groups is 11. The number of amides is 11. The smallest absolute Gasteiger partial charge is 0.247 e. The van der Waals surface area contributed by atoms with Gasteiger partial charge in [-0.05, 0) is 74.3 Å². The molecule has 11 amide bonds. The van der Waals surface area contributed by atoms with E-state index in [9.17, 15) is 47.9 Å². The molecule has 0 spiro atoms. The van der Waals surface area contributed by atoms with Gasteiger partial charge in [0.15, 0.2) is 0 Å². The molecule has 0 aliphatic carbocycles. The minimum absolute atomic E-state index is 0.00808. The van der Waals surface area contributed by atoms with Gasteiger partial charge in [-0.2, -0.15) is 0 Å². The minimum atomic E-state index is -1.76. The van der Waals surface area contributed by atoms with E-state index in [0.717, 1.165) is 27.2 Å². The van der Waals surface area contributed by atoms with E-state index in [1.165, 1.54) is 18.7 Å². The first-order valence-electron chi connectivity index (χ1n) is 25.7. The number of ether oxygens (including phenoxy) is 1. The van der Waals surface area contributed by atoms with Gasteiger partial charge in [0, 0.05) is 43.7 Å². The normalized spacial score (nSPS) is 22.0. The second-order valence-corrected chi connectivity index (χ2v) is 22.7.